The van der Waals surface area contributed by atoms with E-state index in [1.165, 1.54) is 0 Å². The van der Waals surface area contributed by atoms with Gasteiger partial charge in [0.25, 0.3) is 0 Å². The van der Waals surface area contributed by atoms with E-state index in [4.69, 9.17) is 0 Å². The third kappa shape index (κ3) is 6.68. The van der Waals surface area contributed by atoms with Gasteiger partial charge in [0.1, 0.15) is 6.54 Å². The predicted molar refractivity (Wildman–Crippen MR) is 102 cm³/mol. The highest BCUT2D eigenvalue weighted by Crippen LogP contribution is 2.33. The van der Waals surface area contributed by atoms with Gasteiger partial charge in [0.05, 0.1) is 0 Å². The molecule has 2 heterocycles. The van der Waals surface area contributed by atoms with Crippen molar-refractivity contribution in [1.82, 2.24) is 10.2 Å². The highest BCUT2D eigenvalue weighted by molar-refractivity contribution is 5.85. The van der Waals surface area contributed by atoms with E-state index in [1.54, 1.807) is 0 Å². The lowest BCUT2D eigenvalue weighted by atomic mass is 9.89. The summed E-state index contributed by atoms with van der Waals surface area (Å²) in [6.45, 7) is 0.921. The van der Waals surface area contributed by atoms with Gasteiger partial charge in [0.15, 0.2) is 0 Å². The van der Waals surface area contributed by atoms with E-state index in [9.17, 15) is 18.0 Å². The van der Waals surface area contributed by atoms with E-state index in [0.29, 0.717) is 18.5 Å². The van der Waals surface area contributed by atoms with Crippen molar-refractivity contribution in [3.63, 3.8) is 0 Å². The van der Waals surface area contributed by atoms with Gasteiger partial charge in [-0.1, -0.05) is 29.8 Å². The van der Waals surface area contributed by atoms with Crippen LogP contribution in [0.3, 0.4) is 0 Å². The predicted octanol–water partition coefficient (Wildman–Crippen LogP) is 4.27. The van der Waals surface area contributed by atoms with Gasteiger partial charge < -0.3 is 10.2 Å². The molecule has 1 N–H and O–H groups in total. The number of alkyl halides is 3. The molecular weight excluding hydrogens is 377 g/mol. The van der Waals surface area contributed by atoms with E-state index in [2.05, 4.69) is 5.32 Å². The van der Waals surface area contributed by atoms with Crippen molar-refractivity contribution in [3.05, 3.63) is 35.4 Å². The van der Waals surface area contributed by atoms with Crippen molar-refractivity contribution in [2.75, 3.05) is 13.1 Å². The van der Waals surface area contributed by atoms with Gasteiger partial charge in [0.2, 0.25) is 5.91 Å². The fraction of sp³-hybridized carbons (Fsp3) is 0.650. The molecule has 2 bridgehead atoms. The first-order chi connectivity index (χ1) is 12.3. The lowest BCUT2D eigenvalue weighted by Gasteiger charge is -2.31. The highest BCUT2D eigenvalue weighted by Gasteiger charge is 2.37. The Morgan fingerprint density at radius 1 is 1.15 bits per heavy atom. The normalized spacial score (nSPS) is 24.4. The summed E-state index contributed by atoms with van der Waals surface area (Å²) in [5.41, 5.74) is 2.06. The molecule has 27 heavy (non-hydrogen) atoms. The second kappa shape index (κ2) is 9.28. The lowest BCUT2D eigenvalue weighted by Crippen LogP contribution is -2.43. The number of benzene rings is 1. The molecule has 1 aromatic carbocycles. The third-order valence-electron chi connectivity index (χ3n) is 5.55. The first-order valence-electron chi connectivity index (χ1n) is 9.44. The Bertz CT molecular complexity index is 609. The number of rotatable bonds is 6. The number of fused-ring (bicyclic) bond motifs is 2. The van der Waals surface area contributed by atoms with E-state index in [1.807, 2.05) is 31.2 Å². The van der Waals surface area contributed by atoms with Gasteiger partial charge in [-0.15, -0.1) is 12.4 Å². The second-order valence-electron chi connectivity index (χ2n) is 7.85. The van der Waals surface area contributed by atoms with Crippen molar-refractivity contribution < 1.29 is 18.0 Å². The molecule has 0 aromatic heterocycles. The van der Waals surface area contributed by atoms with E-state index in [-0.39, 0.29) is 37.2 Å². The van der Waals surface area contributed by atoms with Crippen LogP contribution in [0.5, 0.6) is 0 Å². The van der Waals surface area contributed by atoms with Crippen LogP contribution in [0.2, 0.25) is 0 Å². The minimum absolute atomic E-state index is 0. The standard InChI is InChI=1S/C20H27F3N2O.ClH/c1-14-2-4-15(5-3-14)8-9-25(13-20(21,22)23)19(26)12-16-10-17-6-7-18(11-16)24-17;/h2-5,16-18,24H,6-13H2,1H3;1H. The molecule has 2 unspecified atom stereocenters. The first-order valence-corrected chi connectivity index (χ1v) is 9.44. The van der Waals surface area contributed by atoms with Crippen LogP contribution < -0.4 is 5.32 Å². The molecule has 7 heteroatoms. The number of aryl methyl sites for hydroxylation is 1. The maximum absolute atomic E-state index is 13.0. The van der Waals surface area contributed by atoms with Gasteiger partial charge in [0, 0.05) is 25.0 Å². The SMILES string of the molecule is Cc1ccc(CCN(CC(F)(F)F)C(=O)CC2CC3CCC(C2)N3)cc1.Cl. The monoisotopic (exact) mass is 404 g/mol. The average molecular weight is 405 g/mol. The van der Waals surface area contributed by atoms with Crippen LogP contribution >= 0.6 is 12.4 Å². The zero-order chi connectivity index (χ0) is 18.7. The van der Waals surface area contributed by atoms with Crippen LogP contribution in [0, 0.1) is 12.8 Å². The number of hydrogen-bond acceptors (Lipinski definition) is 2. The van der Waals surface area contributed by atoms with Crippen molar-refractivity contribution in [1.29, 1.82) is 0 Å². The first kappa shape index (κ1) is 22.0. The Balaban J connectivity index is 0.00000261. The summed E-state index contributed by atoms with van der Waals surface area (Å²) in [5, 5.41) is 3.51. The number of nitrogens with zero attached hydrogens (tertiary/aromatic N) is 1. The molecule has 3 nitrogen and oxygen atoms in total. The zero-order valence-corrected chi connectivity index (χ0v) is 16.4. The summed E-state index contributed by atoms with van der Waals surface area (Å²) in [5.74, 6) is -0.155. The van der Waals surface area contributed by atoms with E-state index in [0.717, 1.165) is 41.7 Å². The molecule has 2 fully saturated rings. The molecule has 1 aromatic rings. The Morgan fingerprint density at radius 3 is 2.30 bits per heavy atom. The topological polar surface area (TPSA) is 32.3 Å². The molecule has 2 aliphatic heterocycles. The number of nitrogens with one attached hydrogen (secondary N) is 1. The van der Waals surface area contributed by atoms with Crippen molar-refractivity contribution in [2.24, 2.45) is 5.92 Å². The van der Waals surface area contributed by atoms with Crippen molar-refractivity contribution >= 4 is 18.3 Å². The third-order valence-corrected chi connectivity index (χ3v) is 5.55. The summed E-state index contributed by atoms with van der Waals surface area (Å²) in [4.78, 5) is 13.6. The Kier molecular flexibility index (Phi) is 7.57. The van der Waals surface area contributed by atoms with Crippen LogP contribution in [0.25, 0.3) is 0 Å². The molecule has 0 saturated carbocycles. The molecule has 2 aliphatic rings. The molecule has 2 atom stereocenters. The van der Waals surface area contributed by atoms with Gasteiger partial charge >= 0.3 is 6.18 Å². The highest BCUT2D eigenvalue weighted by atomic mass is 35.5. The zero-order valence-electron chi connectivity index (χ0n) is 15.6. The summed E-state index contributed by atoms with van der Waals surface area (Å²) in [7, 11) is 0. The second-order valence-corrected chi connectivity index (χ2v) is 7.85. The molecule has 0 aliphatic carbocycles. The number of carbonyl (C=O) groups excluding carboxylic acids is 1. The van der Waals surface area contributed by atoms with Gasteiger partial charge in [-0.3, -0.25) is 4.79 Å². The number of amides is 1. The minimum Gasteiger partial charge on any atom is -0.333 e. The summed E-state index contributed by atoms with van der Waals surface area (Å²) in [6.07, 6.45) is 0.360. The Hall–Kier alpha value is -1.27. The van der Waals surface area contributed by atoms with Crippen molar-refractivity contribution in [2.45, 2.75) is 63.7 Å². The largest absolute Gasteiger partial charge is 0.406 e. The van der Waals surface area contributed by atoms with E-state index >= 15 is 0 Å². The summed E-state index contributed by atoms with van der Waals surface area (Å²) >= 11 is 0. The average Bonchev–Trinajstić information content (AvgIpc) is 2.90. The molecule has 2 saturated heterocycles. The van der Waals surface area contributed by atoms with Gasteiger partial charge in [-0.05, 0) is 50.5 Å². The fourth-order valence-corrected chi connectivity index (χ4v) is 4.24. The lowest BCUT2D eigenvalue weighted by molar-refractivity contribution is -0.161. The van der Waals surface area contributed by atoms with Crippen molar-refractivity contribution in [3.8, 4) is 0 Å². The Morgan fingerprint density at radius 2 is 1.74 bits per heavy atom. The summed E-state index contributed by atoms with van der Waals surface area (Å²) < 4.78 is 38.9. The molecular formula is C20H28ClF3N2O. The van der Waals surface area contributed by atoms with Gasteiger partial charge in [-0.2, -0.15) is 13.2 Å². The number of carbonyl (C=O) groups is 1. The van der Waals surface area contributed by atoms with Crippen LogP contribution in [-0.4, -0.2) is 42.2 Å². The number of piperidine rings is 1. The van der Waals surface area contributed by atoms with Crippen LogP contribution in [0.4, 0.5) is 13.2 Å². The van der Waals surface area contributed by atoms with E-state index < -0.39 is 12.7 Å². The maximum Gasteiger partial charge on any atom is 0.406 e. The maximum atomic E-state index is 13.0. The number of hydrogen-bond donors (Lipinski definition) is 1. The number of halogens is 4. The molecule has 3 rings (SSSR count). The fourth-order valence-electron chi connectivity index (χ4n) is 4.24. The quantitative estimate of drug-likeness (QED) is 0.767. The molecule has 1 amide bonds. The summed E-state index contributed by atoms with van der Waals surface area (Å²) in [6, 6.07) is 8.59. The molecule has 152 valence electrons. The van der Waals surface area contributed by atoms with Crippen LogP contribution in [0.15, 0.2) is 24.3 Å². The Labute approximate surface area is 165 Å². The van der Waals surface area contributed by atoms with Crippen LogP contribution in [0.1, 0.15) is 43.2 Å². The smallest absolute Gasteiger partial charge is 0.333 e. The van der Waals surface area contributed by atoms with Crippen LogP contribution in [-0.2, 0) is 11.2 Å². The molecule has 0 radical (unpaired) electrons. The molecule has 0 spiro atoms. The minimum atomic E-state index is -4.36. The van der Waals surface area contributed by atoms with Gasteiger partial charge in [-0.25, -0.2) is 0 Å².